The smallest absolute Gasteiger partial charge is 0.423 e. The molecular weight excluding hydrogens is 193 g/mol. The number of nitrogens with zero attached hydrogens (tertiary/aromatic N) is 3. The summed E-state index contributed by atoms with van der Waals surface area (Å²) in [6.07, 6.45) is 6.58. The highest BCUT2D eigenvalue weighted by molar-refractivity contribution is 6.58. The normalized spacial score (nSPS) is 10.3. The van der Waals surface area contributed by atoms with E-state index in [1.54, 1.807) is 23.1 Å². The summed E-state index contributed by atoms with van der Waals surface area (Å²) in [5, 5.41) is 22.1. The van der Waals surface area contributed by atoms with Crippen LogP contribution in [-0.4, -0.2) is 31.9 Å². The van der Waals surface area contributed by atoms with Gasteiger partial charge < -0.3 is 10.0 Å². The van der Waals surface area contributed by atoms with Gasteiger partial charge in [0.1, 0.15) is 0 Å². The lowest BCUT2D eigenvalue weighted by molar-refractivity contribution is 0.425. The molecule has 0 bridgehead atoms. The van der Waals surface area contributed by atoms with Crippen molar-refractivity contribution >= 4 is 12.6 Å². The predicted octanol–water partition coefficient (Wildman–Crippen LogP) is -0.744. The molecule has 15 heavy (non-hydrogen) atoms. The second kappa shape index (κ2) is 3.84. The third-order valence-electron chi connectivity index (χ3n) is 2.02. The molecular formula is C9H10BN3O2. The molecule has 0 aliphatic carbocycles. The van der Waals surface area contributed by atoms with Gasteiger partial charge in [0, 0.05) is 17.9 Å². The van der Waals surface area contributed by atoms with E-state index in [1.807, 2.05) is 13.1 Å². The standard InChI is InChI=1S/C9H10BN3O2/c1-7-3-12-13(6-7)9-2-8(10(14)15)4-11-5-9/h2-6,14-15H,1H3. The van der Waals surface area contributed by atoms with Gasteiger partial charge in [-0.25, -0.2) is 4.68 Å². The van der Waals surface area contributed by atoms with Crippen molar-refractivity contribution < 1.29 is 10.0 Å². The molecule has 0 unspecified atom stereocenters. The molecule has 0 amide bonds. The van der Waals surface area contributed by atoms with E-state index in [-0.39, 0.29) is 0 Å². The maximum absolute atomic E-state index is 8.99. The first-order chi connectivity index (χ1) is 7.16. The van der Waals surface area contributed by atoms with Gasteiger partial charge in [0.05, 0.1) is 18.1 Å². The Morgan fingerprint density at radius 3 is 2.67 bits per heavy atom. The van der Waals surface area contributed by atoms with Crippen molar-refractivity contribution in [2.75, 3.05) is 0 Å². The molecule has 0 aliphatic rings. The number of hydrogen-bond acceptors (Lipinski definition) is 4. The van der Waals surface area contributed by atoms with Crippen LogP contribution in [0.4, 0.5) is 0 Å². The third-order valence-corrected chi connectivity index (χ3v) is 2.02. The first-order valence-corrected chi connectivity index (χ1v) is 4.49. The number of pyridine rings is 1. The van der Waals surface area contributed by atoms with Crippen LogP contribution >= 0.6 is 0 Å². The number of aromatic nitrogens is 3. The summed E-state index contributed by atoms with van der Waals surface area (Å²) < 4.78 is 1.63. The fourth-order valence-electron chi connectivity index (χ4n) is 1.27. The summed E-state index contributed by atoms with van der Waals surface area (Å²) in [6, 6.07) is 1.63. The lowest BCUT2D eigenvalue weighted by Crippen LogP contribution is -2.30. The Labute approximate surface area is 87.2 Å². The van der Waals surface area contributed by atoms with Crippen LogP contribution in [-0.2, 0) is 0 Å². The van der Waals surface area contributed by atoms with Crippen LogP contribution in [0.2, 0.25) is 0 Å². The summed E-state index contributed by atoms with van der Waals surface area (Å²) in [5.41, 5.74) is 2.08. The Bertz CT molecular complexity index is 470. The molecule has 5 nitrogen and oxygen atoms in total. The largest absolute Gasteiger partial charge is 0.490 e. The molecule has 2 heterocycles. The number of hydrogen-bond donors (Lipinski definition) is 2. The third kappa shape index (κ3) is 2.06. The quantitative estimate of drug-likeness (QED) is 0.630. The molecule has 0 aliphatic heterocycles. The van der Waals surface area contributed by atoms with Crippen molar-refractivity contribution in [1.82, 2.24) is 14.8 Å². The summed E-state index contributed by atoms with van der Waals surface area (Å²) in [7, 11) is -1.51. The first kappa shape index (κ1) is 9.88. The maximum atomic E-state index is 8.99. The SMILES string of the molecule is Cc1cnn(-c2cncc(B(O)O)c2)c1. The van der Waals surface area contributed by atoms with Crippen molar-refractivity contribution in [2.24, 2.45) is 0 Å². The summed E-state index contributed by atoms with van der Waals surface area (Å²) in [6.45, 7) is 1.93. The molecule has 0 saturated heterocycles. The molecule has 0 atom stereocenters. The lowest BCUT2D eigenvalue weighted by Gasteiger charge is -2.03. The molecule has 6 heteroatoms. The Kier molecular flexibility index (Phi) is 2.53. The number of rotatable bonds is 2. The molecule has 0 saturated carbocycles. The minimum Gasteiger partial charge on any atom is -0.423 e. The monoisotopic (exact) mass is 203 g/mol. The predicted molar refractivity (Wildman–Crippen MR) is 55.9 cm³/mol. The summed E-state index contributed by atoms with van der Waals surface area (Å²) in [5.74, 6) is 0. The van der Waals surface area contributed by atoms with Gasteiger partial charge in [-0.2, -0.15) is 5.10 Å². The van der Waals surface area contributed by atoms with E-state index in [4.69, 9.17) is 10.0 Å². The highest BCUT2D eigenvalue weighted by Crippen LogP contribution is 2.04. The lowest BCUT2D eigenvalue weighted by atomic mass is 9.81. The molecule has 76 valence electrons. The van der Waals surface area contributed by atoms with Crippen molar-refractivity contribution in [3.8, 4) is 5.69 Å². The zero-order chi connectivity index (χ0) is 10.8. The average Bonchev–Trinajstić information content (AvgIpc) is 2.65. The van der Waals surface area contributed by atoms with Crippen LogP contribution < -0.4 is 5.46 Å². The Balaban J connectivity index is 2.41. The van der Waals surface area contributed by atoms with Crippen LogP contribution in [0.3, 0.4) is 0 Å². The van der Waals surface area contributed by atoms with Gasteiger partial charge in [0.15, 0.2) is 0 Å². The second-order valence-electron chi connectivity index (χ2n) is 3.31. The Morgan fingerprint density at radius 1 is 1.27 bits per heavy atom. The average molecular weight is 203 g/mol. The zero-order valence-electron chi connectivity index (χ0n) is 8.20. The highest BCUT2D eigenvalue weighted by Gasteiger charge is 2.12. The maximum Gasteiger partial charge on any atom is 0.490 e. The second-order valence-corrected chi connectivity index (χ2v) is 3.31. The van der Waals surface area contributed by atoms with Gasteiger partial charge >= 0.3 is 7.12 Å². The van der Waals surface area contributed by atoms with Crippen LogP contribution in [0.15, 0.2) is 30.9 Å². The molecule has 2 aromatic heterocycles. The highest BCUT2D eigenvalue weighted by atomic mass is 16.4. The van der Waals surface area contributed by atoms with Crippen molar-refractivity contribution in [2.45, 2.75) is 6.92 Å². The molecule has 2 N–H and O–H groups in total. The van der Waals surface area contributed by atoms with Crippen LogP contribution in [0.5, 0.6) is 0 Å². The van der Waals surface area contributed by atoms with E-state index in [0.29, 0.717) is 11.2 Å². The van der Waals surface area contributed by atoms with Gasteiger partial charge in [0.2, 0.25) is 0 Å². The topological polar surface area (TPSA) is 71.2 Å². The minimum atomic E-state index is -1.51. The molecule has 0 radical (unpaired) electrons. The molecule has 0 fully saturated rings. The fraction of sp³-hybridized carbons (Fsp3) is 0.111. The van der Waals surface area contributed by atoms with E-state index >= 15 is 0 Å². The van der Waals surface area contributed by atoms with E-state index in [9.17, 15) is 0 Å². The molecule has 0 aromatic carbocycles. The van der Waals surface area contributed by atoms with Gasteiger partial charge in [-0.1, -0.05) is 0 Å². The van der Waals surface area contributed by atoms with Crippen molar-refractivity contribution in [3.63, 3.8) is 0 Å². The fourth-order valence-corrected chi connectivity index (χ4v) is 1.27. The van der Waals surface area contributed by atoms with Crippen molar-refractivity contribution in [3.05, 3.63) is 36.4 Å². The molecule has 0 spiro atoms. The zero-order valence-corrected chi connectivity index (χ0v) is 8.20. The Morgan fingerprint density at radius 2 is 2.07 bits per heavy atom. The van der Waals surface area contributed by atoms with Crippen molar-refractivity contribution in [1.29, 1.82) is 0 Å². The van der Waals surface area contributed by atoms with Gasteiger partial charge in [-0.3, -0.25) is 4.98 Å². The number of aryl methyl sites for hydroxylation is 1. The van der Waals surface area contributed by atoms with Gasteiger partial charge in [-0.15, -0.1) is 0 Å². The van der Waals surface area contributed by atoms with Crippen LogP contribution in [0.25, 0.3) is 5.69 Å². The van der Waals surface area contributed by atoms with E-state index in [1.165, 1.54) is 6.20 Å². The summed E-state index contributed by atoms with van der Waals surface area (Å²) >= 11 is 0. The van der Waals surface area contributed by atoms with E-state index < -0.39 is 7.12 Å². The van der Waals surface area contributed by atoms with E-state index in [2.05, 4.69) is 10.1 Å². The Hall–Kier alpha value is -1.66. The first-order valence-electron chi connectivity index (χ1n) is 4.49. The molecule has 2 aromatic rings. The van der Waals surface area contributed by atoms with E-state index in [0.717, 1.165) is 5.56 Å². The van der Waals surface area contributed by atoms with Gasteiger partial charge in [0.25, 0.3) is 0 Å². The molecule has 2 rings (SSSR count). The van der Waals surface area contributed by atoms with Crippen LogP contribution in [0, 0.1) is 6.92 Å². The van der Waals surface area contributed by atoms with Crippen LogP contribution in [0.1, 0.15) is 5.56 Å². The van der Waals surface area contributed by atoms with Gasteiger partial charge in [-0.05, 0) is 18.6 Å². The minimum absolute atomic E-state index is 0.348. The summed E-state index contributed by atoms with van der Waals surface area (Å²) in [4.78, 5) is 3.91.